The minimum absolute atomic E-state index is 0.0261. The number of halogens is 2. The monoisotopic (exact) mass is 522 g/mol. The topological polar surface area (TPSA) is 84.7 Å². The number of hydrogen-bond acceptors (Lipinski definition) is 6. The summed E-state index contributed by atoms with van der Waals surface area (Å²) in [7, 11) is -2.32. The Labute approximate surface area is 208 Å². The summed E-state index contributed by atoms with van der Waals surface area (Å²) in [6.07, 6.45) is 0. The smallest absolute Gasteiger partial charge is 0.244 e. The predicted octanol–water partition coefficient (Wildman–Crippen LogP) is 3.69. The molecule has 0 N–H and O–H groups in total. The highest BCUT2D eigenvalue weighted by molar-refractivity contribution is 7.91. The molecule has 11 heteroatoms. The van der Waals surface area contributed by atoms with Gasteiger partial charge in [-0.1, -0.05) is 41.4 Å². The minimum Gasteiger partial charge on any atom is -0.495 e. The van der Waals surface area contributed by atoms with Crippen LogP contribution >= 0.6 is 23.2 Å². The summed E-state index contributed by atoms with van der Waals surface area (Å²) in [6.45, 7) is 3.88. The second-order valence-corrected chi connectivity index (χ2v) is 10.5. The number of rotatable bonds is 6. The van der Waals surface area contributed by atoms with E-state index in [9.17, 15) is 13.2 Å². The third kappa shape index (κ3) is 4.73. The van der Waals surface area contributed by atoms with Crippen molar-refractivity contribution in [2.75, 3.05) is 38.2 Å². The SMILES string of the molecule is COc1cc(N2CCN(C(=O)Cn3nc(S(=O)(=O)c4ccccc4)c(Cl)c3C)CC2)ccc1Cl. The molecule has 0 saturated carbocycles. The van der Waals surface area contributed by atoms with E-state index in [-0.39, 0.29) is 27.4 Å². The van der Waals surface area contributed by atoms with Gasteiger partial charge in [-0.2, -0.15) is 5.10 Å². The lowest BCUT2D eigenvalue weighted by atomic mass is 10.2. The van der Waals surface area contributed by atoms with Gasteiger partial charge in [0, 0.05) is 37.9 Å². The molecule has 180 valence electrons. The molecule has 1 amide bonds. The molecule has 0 bridgehead atoms. The average molecular weight is 523 g/mol. The van der Waals surface area contributed by atoms with E-state index in [2.05, 4.69) is 10.00 Å². The summed E-state index contributed by atoms with van der Waals surface area (Å²) in [6, 6.07) is 13.6. The minimum atomic E-state index is -3.89. The first-order valence-electron chi connectivity index (χ1n) is 10.6. The average Bonchev–Trinajstić information content (AvgIpc) is 3.14. The van der Waals surface area contributed by atoms with Crippen LogP contribution in [0.5, 0.6) is 5.75 Å². The van der Waals surface area contributed by atoms with E-state index >= 15 is 0 Å². The van der Waals surface area contributed by atoms with Gasteiger partial charge in [-0.05, 0) is 31.2 Å². The first kappa shape index (κ1) is 24.4. The van der Waals surface area contributed by atoms with Gasteiger partial charge in [0.1, 0.15) is 17.3 Å². The maximum absolute atomic E-state index is 13.0. The van der Waals surface area contributed by atoms with E-state index in [0.29, 0.717) is 42.6 Å². The fourth-order valence-corrected chi connectivity index (χ4v) is 5.78. The summed E-state index contributed by atoms with van der Waals surface area (Å²) in [5.74, 6) is 0.448. The third-order valence-corrected chi connectivity index (χ3v) is 8.39. The van der Waals surface area contributed by atoms with Crippen LogP contribution in [-0.2, 0) is 21.2 Å². The number of ether oxygens (including phenoxy) is 1. The number of anilines is 1. The van der Waals surface area contributed by atoms with E-state index in [4.69, 9.17) is 27.9 Å². The maximum Gasteiger partial charge on any atom is 0.244 e. The summed E-state index contributed by atoms with van der Waals surface area (Å²) in [4.78, 5) is 17.0. The van der Waals surface area contributed by atoms with Crippen LogP contribution in [0.4, 0.5) is 5.69 Å². The molecule has 0 radical (unpaired) electrons. The fraction of sp³-hybridized carbons (Fsp3) is 0.304. The number of benzene rings is 2. The van der Waals surface area contributed by atoms with Crippen molar-refractivity contribution in [1.29, 1.82) is 0 Å². The third-order valence-electron chi connectivity index (χ3n) is 5.83. The normalized spacial score (nSPS) is 14.4. The number of carbonyl (C=O) groups is 1. The van der Waals surface area contributed by atoms with Crippen molar-refractivity contribution < 1.29 is 17.9 Å². The van der Waals surface area contributed by atoms with Crippen molar-refractivity contribution in [1.82, 2.24) is 14.7 Å². The molecular weight excluding hydrogens is 499 g/mol. The lowest BCUT2D eigenvalue weighted by Gasteiger charge is -2.36. The number of sulfone groups is 1. The molecule has 8 nitrogen and oxygen atoms in total. The number of carbonyl (C=O) groups excluding carboxylic acids is 1. The summed E-state index contributed by atoms with van der Waals surface area (Å²) in [5, 5.41) is 4.52. The van der Waals surface area contributed by atoms with Gasteiger partial charge in [-0.25, -0.2) is 8.42 Å². The van der Waals surface area contributed by atoms with Gasteiger partial charge in [0.05, 0.1) is 22.7 Å². The van der Waals surface area contributed by atoms with Crippen molar-refractivity contribution in [2.24, 2.45) is 0 Å². The number of piperazine rings is 1. The number of aromatic nitrogens is 2. The highest BCUT2D eigenvalue weighted by Crippen LogP contribution is 2.31. The van der Waals surface area contributed by atoms with Gasteiger partial charge in [-0.15, -0.1) is 0 Å². The number of methoxy groups -OCH3 is 1. The van der Waals surface area contributed by atoms with Crippen LogP contribution in [0, 0.1) is 6.92 Å². The highest BCUT2D eigenvalue weighted by atomic mass is 35.5. The molecule has 1 aromatic heterocycles. The molecule has 3 aromatic rings. The van der Waals surface area contributed by atoms with Crippen LogP contribution in [-0.4, -0.2) is 62.3 Å². The van der Waals surface area contributed by atoms with Crippen molar-refractivity contribution in [3.8, 4) is 5.75 Å². The molecule has 34 heavy (non-hydrogen) atoms. The van der Waals surface area contributed by atoms with Crippen molar-refractivity contribution in [2.45, 2.75) is 23.4 Å². The number of amides is 1. The van der Waals surface area contributed by atoms with Crippen LogP contribution in [0.3, 0.4) is 0 Å². The Balaban J connectivity index is 1.45. The molecule has 0 spiro atoms. The molecule has 2 heterocycles. The summed E-state index contributed by atoms with van der Waals surface area (Å²) >= 11 is 12.4. The molecule has 1 aliphatic rings. The standard InChI is InChI=1S/C23H24Cl2N4O4S/c1-16-22(25)23(34(31,32)18-6-4-3-5-7-18)26-29(16)15-21(30)28-12-10-27(11-13-28)17-8-9-19(24)20(14-17)33-2/h3-9,14H,10-13,15H2,1-2H3. The first-order chi connectivity index (χ1) is 16.2. The Hall–Kier alpha value is -2.75. The van der Waals surface area contributed by atoms with Crippen LogP contribution in [0.2, 0.25) is 10.0 Å². The summed E-state index contributed by atoms with van der Waals surface area (Å²) < 4.78 is 32.6. The fourth-order valence-electron chi connectivity index (χ4n) is 3.82. The molecular formula is C23H24Cl2N4O4S. The first-order valence-corrected chi connectivity index (χ1v) is 12.9. The zero-order valence-corrected chi connectivity index (χ0v) is 21.1. The van der Waals surface area contributed by atoms with Gasteiger partial charge in [0.25, 0.3) is 0 Å². The second-order valence-electron chi connectivity index (χ2n) is 7.87. The van der Waals surface area contributed by atoms with E-state index in [1.54, 1.807) is 43.2 Å². The molecule has 4 rings (SSSR count). The van der Waals surface area contributed by atoms with Gasteiger partial charge in [0.15, 0.2) is 0 Å². The molecule has 0 atom stereocenters. The van der Waals surface area contributed by atoms with Gasteiger partial charge >= 0.3 is 0 Å². The molecule has 0 aliphatic carbocycles. The Morgan fingerprint density at radius 2 is 1.74 bits per heavy atom. The highest BCUT2D eigenvalue weighted by Gasteiger charge is 2.29. The molecule has 2 aromatic carbocycles. The second kappa shape index (κ2) is 9.85. The lowest BCUT2D eigenvalue weighted by Crippen LogP contribution is -2.49. The Kier molecular flexibility index (Phi) is 7.06. The molecule has 1 aliphatic heterocycles. The molecule has 0 unspecified atom stereocenters. The van der Waals surface area contributed by atoms with Gasteiger partial charge in [-0.3, -0.25) is 9.48 Å². The Bertz CT molecular complexity index is 1300. The lowest BCUT2D eigenvalue weighted by molar-refractivity contribution is -0.132. The van der Waals surface area contributed by atoms with Crippen molar-refractivity contribution in [3.05, 3.63) is 64.3 Å². The van der Waals surface area contributed by atoms with E-state index in [0.717, 1.165) is 5.69 Å². The Morgan fingerprint density at radius 3 is 2.38 bits per heavy atom. The van der Waals surface area contributed by atoms with E-state index in [1.807, 2.05) is 12.1 Å². The molecule has 1 saturated heterocycles. The van der Waals surface area contributed by atoms with Crippen LogP contribution in [0.15, 0.2) is 58.5 Å². The Morgan fingerprint density at radius 1 is 1.06 bits per heavy atom. The van der Waals surface area contributed by atoms with Crippen LogP contribution in [0.1, 0.15) is 5.69 Å². The summed E-state index contributed by atoms with van der Waals surface area (Å²) in [5.41, 5.74) is 1.40. The molecule has 1 fully saturated rings. The van der Waals surface area contributed by atoms with Gasteiger partial charge in [0.2, 0.25) is 20.8 Å². The quantitative estimate of drug-likeness (QED) is 0.490. The van der Waals surface area contributed by atoms with E-state index < -0.39 is 9.84 Å². The van der Waals surface area contributed by atoms with Gasteiger partial charge < -0.3 is 14.5 Å². The van der Waals surface area contributed by atoms with Crippen molar-refractivity contribution >= 4 is 44.6 Å². The zero-order chi connectivity index (χ0) is 24.5. The number of hydrogen-bond donors (Lipinski definition) is 0. The zero-order valence-electron chi connectivity index (χ0n) is 18.7. The predicted molar refractivity (Wildman–Crippen MR) is 131 cm³/mol. The largest absolute Gasteiger partial charge is 0.495 e. The van der Waals surface area contributed by atoms with Crippen molar-refractivity contribution in [3.63, 3.8) is 0 Å². The van der Waals surface area contributed by atoms with Crippen LogP contribution < -0.4 is 9.64 Å². The van der Waals surface area contributed by atoms with Crippen LogP contribution in [0.25, 0.3) is 0 Å². The maximum atomic E-state index is 13.0. The van der Waals surface area contributed by atoms with E-state index in [1.165, 1.54) is 16.8 Å². The number of nitrogens with zero attached hydrogens (tertiary/aromatic N) is 4.